The quantitative estimate of drug-likeness (QED) is 0.479. The number of allylic oxidation sites excluding steroid dienone is 3. The summed E-state index contributed by atoms with van der Waals surface area (Å²) in [7, 11) is 1.88. The van der Waals surface area contributed by atoms with Crippen molar-refractivity contribution in [2.24, 2.45) is 11.8 Å². The maximum atomic E-state index is 4.30. The Kier molecular flexibility index (Phi) is 9.57. The molecule has 2 N–H and O–H groups in total. The lowest BCUT2D eigenvalue weighted by atomic mass is 9.86. The third-order valence-electron chi connectivity index (χ3n) is 4.50. The van der Waals surface area contributed by atoms with Gasteiger partial charge in [-0.15, -0.1) is 0 Å². The predicted molar refractivity (Wildman–Crippen MR) is 117 cm³/mol. The molecule has 0 fully saturated rings. The summed E-state index contributed by atoms with van der Waals surface area (Å²) in [6, 6.07) is 6.66. The van der Waals surface area contributed by atoms with Gasteiger partial charge in [0.2, 0.25) is 0 Å². The highest BCUT2D eigenvalue weighted by molar-refractivity contribution is 5.67. The van der Waals surface area contributed by atoms with Gasteiger partial charge in [-0.25, -0.2) is 0 Å². The summed E-state index contributed by atoms with van der Waals surface area (Å²) in [6.45, 7) is 17.2. The van der Waals surface area contributed by atoms with Crippen LogP contribution in [0.3, 0.4) is 0 Å². The first-order valence-electron chi connectivity index (χ1n) is 9.63. The first-order chi connectivity index (χ1) is 12.4. The fourth-order valence-electron chi connectivity index (χ4n) is 3.24. The summed E-state index contributed by atoms with van der Waals surface area (Å²) in [5, 5.41) is 6.44. The zero-order chi connectivity index (χ0) is 19.5. The second-order valence-electron chi connectivity index (χ2n) is 7.35. The van der Waals surface area contributed by atoms with E-state index in [0.717, 1.165) is 23.7 Å². The fraction of sp³-hybridized carbons (Fsp3) is 0.417. The fourth-order valence-corrected chi connectivity index (χ4v) is 3.24. The summed E-state index contributed by atoms with van der Waals surface area (Å²) in [4.78, 5) is 0. The molecule has 0 aliphatic heterocycles. The smallest absolute Gasteiger partial charge is 0.0398 e. The van der Waals surface area contributed by atoms with Gasteiger partial charge in [0, 0.05) is 24.0 Å². The Morgan fingerprint density at radius 1 is 1.27 bits per heavy atom. The molecule has 0 aromatic heterocycles. The van der Waals surface area contributed by atoms with Gasteiger partial charge < -0.3 is 10.6 Å². The van der Waals surface area contributed by atoms with E-state index in [1.165, 1.54) is 29.5 Å². The zero-order valence-corrected chi connectivity index (χ0v) is 17.2. The Labute approximate surface area is 160 Å². The van der Waals surface area contributed by atoms with E-state index in [1.807, 2.05) is 25.4 Å². The van der Waals surface area contributed by atoms with Crippen LogP contribution in [0.25, 0.3) is 5.70 Å². The van der Waals surface area contributed by atoms with E-state index < -0.39 is 0 Å². The number of hydrogen-bond donors (Lipinski definition) is 2. The molecule has 1 aromatic carbocycles. The minimum Gasteiger partial charge on any atom is -0.394 e. The molecule has 142 valence electrons. The van der Waals surface area contributed by atoms with Crippen molar-refractivity contribution in [3.8, 4) is 0 Å². The van der Waals surface area contributed by atoms with Crippen LogP contribution in [-0.4, -0.2) is 7.05 Å². The van der Waals surface area contributed by atoms with Crippen molar-refractivity contribution in [1.29, 1.82) is 0 Å². The molecule has 1 unspecified atom stereocenters. The normalized spacial score (nSPS) is 13.1. The lowest BCUT2D eigenvalue weighted by Crippen LogP contribution is -2.14. The molecule has 0 radical (unpaired) electrons. The maximum Gasteiger partial charge on any atom is 0.0398 e. The lowest BCUT2D eigenvalue weighted by molar-refractivity contribution is 0.396. The summed E-state index contributed by atoms with van der Waals surface area (Å²) >= 11 is 0. The van der Waals surface area contributed by atoms with Crippen molar-refractivity contribution in [1.82, 2.24) is 10.6 Å². The Bertz CT molecular complexity index is 650. The predicted octanol–water partition coefficient (Wildman–Crippen LogP) is 5.97. The van der Waals surface area contributed by atoms with Crippen molar-refractivity contribution in [2.75, 3.05) is 7.05 Å². The van der Waals surface area contributed by atoms with Crippen LogP contribution < -0.4 is 10.6 Å². The third kappa shape index (κ3) is 7.35. The first kappa shape index (κ1) is 21.8. The number of hydrogen-bond acceptors (Lipinski definition) is 2. The summed E-state index contributed by atoms with van der Waals surface area (Å²) < 4.78 is 0. The van der Waals surface area contributed by atoms with Crippen LogP contribution in [-0.2, 0) is 6.42 Å². The van der Waals surface area contributed by atoms with Crippen molar-refractivity contribution >= 4 is 5.70 Å². The van der Waals surface area contributed by atoms with E-state index in [9.17, 15) is 0 Å². The van der Waals surface area contributed by atoms with E-state index in [4.69, 9.17) is 0 Å². The largest absolute Gasteiger partial charge is 0.394 e. The van der Waals surface area contributed by atoms with Crippen LogP contribution in [0.5, 0.6) is 0 Å². The highest BCUT2D eigenvalue weighted by Gasteiger charge is 2.14. The van der Waals surface area contributed by atoms with Crippen molar-refractivity contribution in [3.05, 3.63) is 78.2 Å². The molecule has 1 aromatic rings. The van der Waals surface area contributed by atoms with Crippen LogP contribution >= 0.6 is 0 Å². The first-order valence-corrected chi connectivity index (χ1v) is 9.63. The van der Waals surface area contributed by atoms with E-state index in [0.29, 0.717) is 5.92 Å². The molecular formula is C24H36N2. The minimum absolute atomic E-state index is 0.704. The van der Waals surface area contributed by atoms with Crippen LogP contribution in [0.15, 0.2) is 61.5 Å². The second kappa shape index (κ2) is 11.4. The summed E-state index contributed by atoms with van der Waals surface area (Å²) in [5.74, 6) is 1.43. The van der Waals surface area contributed by atoms with E-state index >= 15 is 0 Å². The molecule has 0 spiro atoms. The van der Waals surface area contributed by atoms with Gasteiger partial charge in [0.1, 0.15) is 0 Å². The average molecular weight is 353 g/mol. The van der Waals surface area contributed by atoms with E-state index in [-0.39, 0.29) is 0 Å². The second-order valence-corrected chi connectivity index (χ2v) is 7.35. The maximum absolute atomic E-state index is 4.30. The van der Waals surface area contributed by atoms with Crippen LogP contribution in [0.1, 0.15) is 50.3 Å². The lowest BCUT2D eigenvalue weighted by Gasteiger charge is -2.21. The van der Waals surface area contributed by atoms with Crippen LogP contribution in [0.2, 0.25) is 0 Å². The molecule has 0 bridgehead atoms. The van der Waals surface area contributed by atoms with Gasteiger partial charge in [-0.1, -0.05) is 70.2 Å². The molecular weight excluding hydrogens is 316 g/mol. The molecule has 0 amide bonds. The molecule has 2 nitrogen and oxygen atoms in total. The molecule has 0 saturated heterocycles. The van der Waals surface area contributed by atoms with Crippen LogP contribution in [0.4, 0.5) is 0 Å². The average Bonchev–Trinajstić information content (AvgIpc) is 2.58. The van der Waals surface area contributed by atoms with Crippen molar-refractivity contribution in [2.45, 2.75) is 47.0 Å². The summed E-state index contributed by atoms with van der Waals surface area (Å²) in [6.07, 6.45) is 11.2. The molecule has 0 saturated carbocycles. The molecule has 1 atom stereocenters. The van der Waals surface area contributed by atoms with Gasteiger partial charge in [0.05, 0.1) is 0 Å². The number of benzene rings is 1. The Hall–Kier alpha value is -2.22. The number of aryl methyl sites for hydroxylation is 1. The van der Waals surface area contributed by atoms with Gasteiger partial charge >= 0.3 is 0 Å². The third-order valence-corrected chi connectivity index (χ3v) is 4.50. The van der Waals surface area contributed by atoms with Gasteiger partial charge in [-0.2, -0.15) is 0 Å². The molecule has 0 heterocycles. The monoisotopic (exact) mass is 352 g/mol. The Morgan fingerprint density at radius 2 is 2.00 bits per heavy atom. The molecule has 26 heavy (non-hydrogen) atoms. The molecule has 1 rings (SSSR count). The number of rotatable bonds is 11. The van der Waals surface area contributed by atoms with E-state index in [2.05, 4.69) is 69.7 Å². The van der Waals surface area contributed by atoms with Crippen LogP contribution in [0, 0.1) is 18.8 Å². The highest BCUT2D eigenvalue weighted by Crippen LogP contribution is 2.26. The van der Waals surface area contributed by atoms with Gasteiger partial charge in [0.25, 0.3) is 0 Å². The highest BCUT2D eigenvalue weighted by atomic mass is 14.9. The Balaban J connectivity index is 3.07. The van der Waals surface area contributed by atoms with Crippen molar-refractivity contribution < 1.29 is 0 Å². The van der Waals surface area contributed by atoms with E-state index in [1.54, 1.807) is 6.08 Å². The Morgan fingerprint density at radius 3 is 2.58 bits per heavy atom. The SMILES string of the molecule is C=C/C=C(\C=C/NC)NC(=C)c1ccc(C)cc1CC(CC)CC(C)C. The van der Waals surface area contributed by atoms with Crippen molar-refractivity contribution in [3.63, 3.8) is 0 Å². The standard InChI is InChI=1S/C24H36N2/c1-8-10-23(13-14-25-7)26-20(6)24-12-11-19(5)16-22(24)17-21(9-2)15-18(3)4/h8,10-14,16,18,21,25-26H,1,6,9,15,17H2,2-5,7H3/b14-13-,23-10+. The number of nitrogens with one attached hydrogen (secondary N) is 2. The van der Waals surface area contributed by atoms with Gasteiger partial charge in [-0.3, -0.25) is 0 Å². The molecule has 0 aliphatic carbocycles. The topological polar surface area (TPSA) is 24.1 Å². The van der Waals surface area contributed by atoms with Gasteiger partial charge in [0.15, 0.2) is 0 Å². The van der Waals surface area contributed by atoms with Gasteiger partial charge in [-0.05, 0) is 55.5 Å². The molecule has 0 aliphatic rings. The zero-order valence-electron chi connectivity index (χ0n) is 17.2. The minimum atomic E-state index is 0.704. The molecule has 2 heteroatoms. The summed E-state index contributed by atoms with van der Waals surface area (Å²) in [5.41, 5.74) is 5.76.